The van der Waals surface area contributed by atoms with E-state index in [-0.39, 0.29) is 0 Å². The number of halogens is 1. The second-order valence-electron chi connectivity index (χ2n) is 5.46. The maximum atomic E-state index is 13.1. The highest BCUT2D eigenvalue weighted by Crippen LogP contribution is 2.43. The first kappa shape index (κ1) is 16.4. The first-order valence-corrected chi connectivity index (χ1v) is 9.63. The van der Waals surface area contributed by atoms with E-state index in [2.05, 4.69) is 0 Å². The van der Waals surface area contributed by atoms with Crippen LogP contribution in [0.2, 0.25) is 0 Å². The van der Waals surface area contributed by atoms with Crippen LogP contribution in [0.4, 0.5) is 4.39 Å². The largest absolute Gasteiger partial charge is 0.292 e. The van der Waals surface area contributed by atoms with Gasteiger partial charge in [-0.05, 0) is 28.6 Å². The van der Waals surface area contributed by atoms with Gasteiger partial charge in [-0.1, -0.05) is 91.0 Å². The number of hydrogen-bond acceptors (Lipinski definition) is 1. The lowest BCUT2D eigenvalue weighted by Crippen LogP contribution is -2.28. The Morgan fingerprint density at radius 1 is 0.708 bits per heavy atom. The van der Waals surface area contributed by atoms with Crippen LogP contribution in [0.3, 0.4) is 0 Å². The minimum absolute atomic E-state index is 0.472. The topological polar surface area (TPSA) is 17.1 Å². The van der Waals surface area contributed by atoms with Crippen LogP contribution in [0.1, 0.15) is 0 Å². The summed E-state index contributed by atoms with van der Waals surface area (Å²) in [6, 6.07) is 29.8. The Morgan fingerprint density at radius 3 is 1.33 bits per heavy atom. The van der Waals surface area contributed by atoms with Gasteiger partial charge >= 0.3 is 0 Å². The van der Waals surface area contributed by atoms with Crippen molar-refractivity contribution < 1.29 is 9.18 Å². The molecule has 0 amide bonds. The highest BCUT2D eigenvalue weighted by Gasteiger charge is 2.25. The van der Waals surface area contributed by atoms with Crippen molar-refractivity contribution in [2.45, 2.75) is 0 Å². The van der Waals surface area contributed by atoms with Crippen LogP contribution < -0.4 is 15.9 Å². The van der Waals surface area contributed by atoms with Crippen molar-refractivity contribution in [3.63, 3.8) is 0 Å². The van der Waals surface area contributed by atoms with E-state index < -0.39 is 19.3 Å². The lowest BCUT2D eigenvalue weighted by molar-refractivity contribution is -0.113. The molecule has 3 aromatic carbocycles. The van der Waals surface area contributed by atoms with Crippen LogP contribution in [-0.4, -0.2) is 18.3 Å². The molecule has 3 heteroatoms. The van der Waals surface area contributed by atoms with E-state index >= 15 is 0 Å². The highest BCUT2D eigenvalue weighted by molar-refractivity contribution is 7.95. The summed E-state index contributed by atoms with van der Waals surface area (Å²) in [7, 11) is 0. The zero-order valence-electron chi connectivity index (χ0n) is 13.2. The summed E-state index contributed by atoms with van der Waals surface area (Å²) >= 11 is 0. The molecule has 0 radical (unpaired) electrons. The summed E-state index contributed by atoms with van der Waals surface area (Å²) in [5.74, 6) is 1.15. The van der Waals surface area contributed by atoms with Gasteiger partial charge < -0.3 is 0 Å². The van der Waals surface area contributed by atoms with Crippen LogP contribution >= 0.6 is 6.89 Å². The number of rotatable bonds is 5. The monoisotopic (exact) mass is 336 g/mol. The molecule has 0 unspecified atom stereocenters. The van der Waals surface area contributed by atoms with E-state index in [1.54, 1.807) is 5.80 Å². The second-order valence-corrected chi connectivity index (χ2v) is 8.71. The fraction of sp³-hybridized carbons (Fsp3) is 0.0476. The Balaban J connectivity index is 2.42. The average molecular weight is 336 g/mol. The van der Waals surface area contributed by atoms with Crippen molar-refractivity contribution >= 4 is 34.4 Å². The number of alkyl halides is 1. The number of ketones is 1. The third kappa shape index (κ3) is 3.11. The third-order valence-corrected chi connectivity index (χ3v) is 7.97. The standard InChI is InChI=1S/C21H18FOP/c22-16-18(23)17-24(19-10-4-1-5-11-19,20-12-6-2-7-13-20)21-14-8-3-9-15-21/h1-15,17H,16H2. The molecule has 0 spiro atoms. The van der Waals surface area contributed by atoms with Crippen molar-refractivity contribution in [3.8, 4) is 0 Å². The molecule has 0 aliphatic rings. The van der Waals surface area contributed by atoms with Gasteiger partial charge in [0, 0.05) is 0 Å². The Morgan fingerprint density at radius 2 is 1.04 bits per heavy atom. The maximum absolute atomic E-state index is 13.1. The smallest absolute Gasteiger partial charge is 0.187 e. The summed E-state index contributed by atoms with van der Waals surface area (Å²) in [6.45, 7) is -3.32. The molecule has 120 valence electrons. The predicted molar refractivity (Wildman–Crippen MR) is 102 cm³/mol. The van der Waals surface area contributed by atoms with E-state index in [0.29, 0.717) is 0 Å². The van der Waals surface area contributed by atoms with Crippen molar-refractivity contribution in [2.24, 2.45) is 0 Å². The number of hydrogen-bond donors (Lipinski definition) is 0. The lowest BCUT2D eigenvalue weighted by atomic mass is 10.4. The summed E-state index contributed by atoms with van der Waals surface area (Å²) < 4.78 is 13.1. The molecule has 0 saturated heterocycles. The third-order valence-electron chi connectivity index (χ3n) is 3.96. The summed E-state index contributed by atoms with van der Waals surface area (Å²) in [5.41, 5.74) is 0. The molecule has 24 heavy (non-hydrogen) atoms. The molecule has 0 aliphatic heterocycles. The molecule has 0 aromatic heterocycles. The van der Waals surface area contributed by atoms with Gasteiger partial charge in [0.2, 0.25) is 0 Å². The quantitative estimate of drug-likeness (QED) is 0.653. The van der Waals surface area contributed by atoms with Gasteiger partial charge in [0.05, 0.1) is 0 Å². The molecule has 0 aliphatic carbocycles. The van der Waals surface area contributed by atoms with E-state index in [1.807, 2.05) is 91.0 Å². The molecule has 3 rings (SSSR count). The summed E-state index contributed by atoms with van der Waals surface area (Å²) in [4.78, 5) is 12.1. The zero-order chi connectivity index (χ0) is 16.8. The van der Waals surface area contributed by atoms with E-state index in [4.69, 9.17) is 0 Å². The van der Waals surface area contributed by atoms with Crippen molar-refractivity contribution in [1.29, 1.82) is 0 Å². The van der Waals surface area contributed by atoms with Gasteiger partial charge in [0.25, 0.3) is 0 Å². The number of benzene rings is 3. The molecule has 0 fully saturated rings. The fourth-order valence-electron chi connectivity index (χ4n) is 2.91. The molecular weight excluding hydrogens is 318 g/mol. The Hall–Kier alpha value is -2.44. The van der Waals surface area contributed by atoms with Gasteiger partial charge in [-0.3, -0.25) is 4.79 Å². The van der Waals surface area contributed by atoms with Crippen LogP contribution in [0, 0.1) is 0 Å². The number of Topliss-reactive ketones (excluding diaryl/α,β-unsaturated/α-hetero) is 1. The average Bonchev–Trinajstić information content (AvgIpc) is 2.68. The molecule has 0 atom stereocenters. The minimum Gasteiger partial charge on any atom is -0.292 e. The fourth-order valence-corrected chi connectivity index (χ4v) is 6.68. The molecular formula is C21H18FOP. The van der Waals surface area contributed by atoms with Gasteiger partial charge in [0.15, 0.2) is 12.5 Å². The van der Waals surface area contributed by atoms with Crippen LogP contribution in [0.25, 0.3) is 0 Å². The number of carbonyl (C=O) groups excluding carboxylic acids is 1. The summed E-state index contributed by atoms with van der Waals surface area (Å²) in [6.07, 6.45) is 0. The van der Waals surface area contributed by atoms with Crippen molar-refractivity contribution in [3.05, 3.63) is 91.0 Å². The molecule has 1 nitrogen and oxygen atoms in total. The van der Waals surface area contributed by atoms with Gasteiger partial charge in [0.1, 0.15) is 0 Å². The number of carbonyl (C=O) groups is 1. The van der Waals surface area contributed by atoms with Crippen LogP contribution in [0.15, 0.2) is 91.0 Å². The molecule has 0 N–H and O–H groups in total. The van der Waals surface area contributed by atoms with E-state index in [1.165, 1.54) is 0 Å². The van der Waals surface area contributed by atoms with E-state index in [9.17, 15) is 9.18 Å². The molecule has 0 saturated carbocycles. The maximum Gasteiger partial charge on any atom is 0.187 e. The first-order valence-electron chi connectivity index (χ1n) is 7.77. The second kappa shape index (κ2) is 7.42. The minimum atomic E-state index is -2.34. The highest BCUT2D eigenvalue weighted by atomic mass is 31.2. The first-order chi connectivity index (χ1) is 11.8. The molecule has 0 bridgehead atoms. The molecule has 0 heterocycles. The van der Waals surface area contributed by atoms with Crippen molar-refractivity contribution in [2.75, 3.05) is 6.67 Å². The van der Waals surface area contributed by atoms with Crippen LogP contribution in [0.5, 0.6) is 0 Å². The Kier molecular flexibility index (Phi) is 5.08. The predicted octanol–water partition coefficient (Wildman–Crippen LogP) is 3.32. The SMILES string of the molecule is O=C(C=P(c1ccccc1)(c1ccccc1)c1ccccc1)CF. The van der Waals surface area contributed by atoms with Gasteiger partial charge in [-0.25, -0.2) is 4.39 Å². The van der Waals surface area contributed by atoms with Gasteiger partial charge in [-0.2, -0.15) is 0 Å². The normalized spacial score (nSPS) is 11.0. The summed E-state index contributed by atoms with van der Waals surface area (Å²) in [5, 5.41) is 3.14. The van der Waals surface area contributed by atoms with Gasteiger partial charge in [-0.15, -0.1) is 0 Å². The molecule has 3 aromatic rings. The Labute approximate surface area is 141 Å². The van der Waals surface area contributed by atoms with Crippen molar-refractivity contribution in [1.82, 2.24) is 0 Å². The zero-order valence-corrected chi connectivity index (χ0v) is 14.1. The van der Waals surface area contributed by atoms with Crippen LogP contribution in [-0.2, 0) is 4.79 Å². The Bertz CT molecular complexity index is 755. The van der Waals surface area contributed by atoms with E-state index in [0.717, 1.165) is 15.9 Å². The lowest BCUT2D eigenvalue weighted by Gasteiger charge is -2.28.